The Morgan fingerprint density at radius 1 is 1.25 bits per heavy atom. The van der Waals surface area contributed by atoms with Gasteiger partial charge in [0.05, 0.1) is 16.6 Å². The number of aryl methyl sites for hydroxylation is 1. The van der Waals surface area contributed by atoms with Crippen LogP contribution in [-0.2, 0) is 9.59 Å². The number of hydrogen-bond acceptors (Lipinski definition) is 2. The van der Waals surface area contributed by atoms with Gasteiger partial charge in [0.2, 0.25) is 11.8 Å². The molecule has 0 saturated carbocycles. The van der Waals surface area contributed by atoms with Crippen molar-refractivity contribution in [3.05, 3.63) is 58.9 Å². The molecule has 24 heavy (non-hydrogen) atoms. The van der Waals surface area contributed by atoms with Crippen LogP contribution in [0.4, 0.5) is 15.8 Å². The number of nitrogens with zero attached hydrogens (tertiary/aromatic N) is 1. The average molecular weight is 347 g/mol. The highest BCUT2D eigenvalue weighted by atomic mass is 35.5. The van der Waals surface area contributed by atoms with E-state index in [9.17, 15) is 14.0 Å². The third-order valence-corrected chi connectivity index (χ3v) is 4.42. The first-order valence-corrected chi connectivity index (χ1v) is 7.95. The van der Waals surface area contributed by atoms with Crippen molar-refractivity contribution in [2.45, 2.75) is 13.3 Å². The molecular weight excluding hydrogens is 331 g/mol. The van der Waals surface area contributed by atoms with Crippen LogP contribution in [0.15, 0.2) is 42.5 Å². The maximum atomic E-state index is 13.0. The summed E-state index contributed by atoms with van der Waals surface area (Å²) < 4.78 is 13.0. The molecule has 1 N–H and O–H groups in total. The smallest absolute Gasteiger partial charge is 0.229 e. The van der Waals surface area contributed by atoms with E-state index in [1.54, 1.807) is 6.07 Å². The molecule has 0 radical (unpaired) electrons. The summed E-state index contributed by atoms with van der Waals surface area (Å²) in [7, 11) is 0. The van der Waals surface area contributed by atoms with Crippen molar-refractivity contribution < 1.29 is 14.0 Å². The number of para-hydroxylation sites is 1. The first-order chi connectivity index (χ1) is 11.5. The summed E-state index contributed by atoms with van der Waals surface area (Å²) in [5, 5.41) is 3.27. The molecule has 4 nitrogen and oxygen atoms in total. The summed E-state index contributed by atoms with van der Waals surface area (Å²) in [6.45, 7) is 2.12. The Kier molecular flexibility index (Phi) is 4.53. The zero-order chi connectivity index (χ0) is 17.3. The molecule has 2 amide bonds. The minimum atomic E-state index is -0.474. The molecule has 2 aromatic rings. The standard InChI is InChI=1S/C18H16ClFN2O2/c1-11-3-2-4-15(19)17(11)21-18(24)12-9-16(23)22(10-12)14-7-5-13(20)6-8-14/h2-8,12H,9-10H2,1H3,(H,21,24)/t12-/m0/s1. The summed E-state index contributed by atoms with van der Waals surface area (Å²) in [5.74, 6) is -1.24. The molecule has 0 aromatic heterocycles. The summed E-state index contributed by atoms with van der Waals surface area (Å²) in [6.07, 6.45) is 0.118. The van der Waals surface area contributed by atoms with Crippen LogP contribution in [0, 0.1) is 18.7 Å². The molecule has 2 aromatic carbocycles. The van der Waals surface area contributed by atoms with Crippen molar-refractivity contribution in [1.29, 1.82) is 0 Å². The predicted molar refractivity (Wildman–Crippen MR) is 91.7 cm³/mol. The Hall–Kier alpha value is -2.40. The van der Waals surface area contributed by atoms with Crippen LogP contribution in [0.25, 0.3) is 0 Å². The van der Waals surface area contributed by atoms with Crippen molar-refractivity contribution in [3.63, 3.8) is 0 Å². The highest BCUT2D eigenvalue weighted by Gasteiger charge is 2.35. The van der Waals surface area contributed by atoms with Gasteiger partial charge >= 0.3 is 0 Å². The lowest BCUT2D eigenvalue weighted by molar-refractivity contribution is -0.122. The number of carbonyl (C=O) groups is 2. The van der Waals surface area contributed by atoms with E-state index in [4.69, 9.17) is 11.6 Å². The lowest BCUT2D eigenvalue weighted by atomic mass is 10.1. The molecule has 124 valence electrons. The predicted octanol–water partition coefficient (Wildman–Crippen LogP) is 3.78. The van der Waals surface area contributed by atoms with Gasteiger partial charge in [0.25, 0.3) is 0 Å². The fourth-order valence-electron chi connectivity index (χ4n) is 2.77. The highest BCUT2D eigenvalue weighted by molar-refractivity contribution is 6.34. The number of anilines is 2. The largest absolute Gasteiger partial charge is 0.324 e. The summed E-state index contributed by atoms with van der Waals surface area (Å²) in [6, 6.07) is 11.0. The number of amides is 2. The SMILES string of the molecule is Cc1cccc(Cl)c1NC(=O)[C@H]1CC(=O)N(c2ccc(F)cc2)C1. The Balaban J connectivity index is 1.73. The zero-order valence-corrected chi connectivity index (χ0v) is 13.8. The van der Waals surface area contributed by atoms with Gasteiger partial charge in [-0.2, -0.15) is 0 Å². The van der Waals surface area contributed by atoms with Crippen molar-refractivity contribution in [2.24, 2.45) is 5.92 Å². The molecule has 0 aliphatic carbocycles. The normalized spacial score (nSPS) is 17.2. The molecule has 1 fully saturated rings. The second kappa shape index (κ2) is 6.61. The Morgan fingerprint density at radius 2 is 1.96 bits per heavy atom. The van der Waals surface area contributed by atoms with Crippen LogP contribution < -0.4 is 10.2 Å². The fraction of sp³-hybridized carbons (Fsp3) is 0.222. The van der Waals surface area contributed by atoms with E-state index in [-0.39, 0.29) is 30.6 Å². The van der Waals surface area contributed by atoms with Gasteiger partial charge in [-0.3, -0.25) is 9.59 Å². The van der Waals surface area contributed by atoms with E-state index < -0.39 is 5.92 Å². The molecule has 0 spiro atoms. The van der Waals surface area contributed by atoms with Crippen LogP contribution in [0.2, 0.25) is 5.02 Å². The van der Waals surface area contributed by atoms with Gasteiger partial charge in [-0.25, -0.2) is 4.39 Å². The maximum Gasteiger partial charge on any atom is 0.229 e. The van der Waals surface area contributed by atoms with E-state index in [1.165, 1.54) is 29.2 Å². The first kappa shape index (κ1) is 16.5. The number of rotatable bonds is 3. The van der Waals surface area contributed by atoms with Gasteiger partial charge in [-0.15, -0.1) is 0 Å². The van der Waals surface area contributed by atoms with Crippen molar-refractivity contribution in [2.75, 3.05) is 16.8 Å². The summed E-state index contributed by atoms with van der Waals surface area (Å²) >= 11 is 6.12. The minimum absolute atomic E-state index is 0.118. The maximum absolute atomic E-state index is 13.0. The number of hydrogen-bond donors (Lipinski definition) is 1. The topological polar surface area (TPSA) is 49.4 Å². The van der Waals surface area contributed by atoms with E-state index in [0.29, 0.717) is 16.4 Å². The molecule has 0 bridgehead atoms. The molecule has 1 aliphatic rings. The lowest BCUT2D eigenvalue weighted by Gasteiger charge is -2.17. The number of nitrogens with one attached hydrogen (secondary N) is 1. The minimum Gasteiger partial charge on any atom is -0.324 e. The second-order valence-electron chi connectivity index (χ2n) is 5.80. The van der Waals surface area contributed by atoms with E-state index in [0.717, 1.165) is 5.56 Å². The van der Waals surface area contributed by atoms with Crippen molar-refractivity contribution in [3.8, 4) is 0 Å². The monoisotopic (exact) mass is 346 g/mol. The number of benzene rings is 2. The van der Waals surface area contributed by atoms with Crippen molar-refractivity contribution in [1.82, 2.24) is 0 Å². The Labute approximate surface area is 144 Å². The highest BCUT2D eigenvalue weighted by Crippen LogP contribution is 2.29. The van der Waals surface area contributed by atoms with Crippen LogP contribution >= 0.6 is 11.6 Å². The summed E-state index contributed by atoms with van der Waals surface area (Å²) in [4.78, 5) is 26.2. The van der Waals surface area contributed by atoms with E-state index in [2.05, 4.69) is 5.32 Å². The first-order valence-electron chi connectivity index (χ1n) is 7.57. The number of carbonyl (C=O) groups excluding carboxylic acids is 2. The van der Waals surface area contributed by atoms with E-state index >= 15 is 0 Å². The Bertz CT molecular complexity index is 772. The average Bonchev–Trinajstić information content (AvgIpc) is 2.94. The van der Waals surface area contributed by atoms with Crippen LogP contribution in [0.5, 0.6) is 0 Å². The summed E-state index contributed by atoms with van der Waals surface area (Å²) in [5.41, 5.74) is 2.01. The number of halogens is 2. The van der Waals surface area contributed by atoms with Gasteiger partial charge < -0.3 is 10.2 Å². The molecule has 1 heterocycles. The molecule has 6 heteroatoms. The molecule has 3 rings (SSSR count). The van der Waals surface area contributed by atoms with Gasteiger partial charge in [0.15, 0.2) is 0 Å². The molecule has 1 aliphatic heterocycles. The van der Waals surface area contributed by atoms with Gasteiger partial charge in [-0.05, 0) is 42.8 Å². The van der Waals surface area contributed by atoms with Crippen LogP contribution in [-0.4, -0.2) is 18.4 Å². The van der Waals surface area contributed by atoms with Gasteiger partial charge in [-0.1, -0.05) is 23.7 Å². The van der Waals surface area contributed by atoms with Crippen LogP contribution in [0.3, 0.4) is 0 Å². The molecular formula is C18H16ClFN2O2. The third kappa shape index (κ3) is 3.26. The van der Waals surface area contributed by atoms with Crippen molar-refractivity contribution >= 4 is 34.8 Å². The van der Waals surface area contributed by atoms with Gasteiger partial charge in [0.1, 0.15) is 5.82 Å². The lowest BCUT2D eigenvalue weighted by Crippen LogP contribution is -2.28. The van der Waals surface area contributed by atoms with E-state index in [1.807, 2.05) is 19.1 Å². The molecule has 1 saturated heterocycles. The fourth-order valence-corrected chi connectivity index (χ4v) is 3.04. The van der Waals surface area contributed by atoms with Gasteiger partial charge in [0, 0.05) is 18.7 Å². The third-order valence-electron chi connectivity index (χ3n) is 4.10. The second-order valence-corrected chi connectivity index (χ2v) is 6.21. The molecule has 1 atom stereocenters. The zero-order valence-electron chi connectivity index (χ0n) is 13.1. The quantitative estimate of drug-likeness (QED) is 0.919. The molecule has 0 unspecified atom stereocenters. The van der Waals surface area contributed by atoms with Crippen LogP contribution in [0.1, 0.15) is 12.0 Å². The Morgan fingerprint density at radius 3 is 2.62 bits per heavy atom.